The van der Waals surface area contributed by atoms with E-state index in [4.69, 9.17) is 5.73 Å². The molecule has 0 aromatic rings. The van der Waals surface area contributed by atoms with Crippen LogP contribution in [-0.2, 0) is 4.79 Å². The minimum absolute atomic E-state index is 0.0298. The van der Waals surface area contributed by atoms with Crippen molar-refractivity contribution in [3.8, 4) is 0 Å². The first-order chi connectivity index (χ1) is 8.10. The number of nitrogens with zero attached hydrogens (tertiary/aromatic N) is 1. The Morgan fingerprint density at radius 3 is 2.65 bits per heavy atom. The lowest BCUT2D eigenvalue weighted by molar-refractivity contribution is -0.139. The molecule has 1 fully saturated rings. The molecule has 3 heteroatoms. The van der Waals surface area contributed by atoms with E-state index in [0.29, 0.717) is 24.4 Å². The van der Waals surface area contributed by atoms with E-state index in [9.17, 15) is 4.79 Å². The highest BCUT2D eigenvalue weighted by atomic mass is 16.2. The Hall–Kier alpha value is -0.570. The SMILES string of the molecule is CCC1CCCCN1C(=O)C(CN)CC(C)C. The Morgan fingerprint density at radius 1 is 1.41 bits per heavy atom. The predicted molar refractivity (Wildman–Crippen MR) is 71.6 cm³/mol. The van der Waals surface area contributed by atoms with Crippen LogP contribution in [0.4, 0.5) is 0 Å². The summed E-state index contributed by atoms with van der Waals surface area (Å²) < 4.78 is 0. The summed E-state index contributed by atoms with van der Waals surface area (Å²) in [5.41, 5.74) is 5.77. The van der Waals surface area contributed by atoms with Gasteiger partial charge in [-0.1, -0.05) is 20.8 Å². The highest BCUT2D eigenvalue weighted by molar-refractivity contribution is 5.79. The van der Waals surface area contributed by atoms with E-state index in [1.54, 1.807) is 0 Å². The van der Waals surface area contributed by atoms with Gasteiger partial charge in [-0.3, -0.25) is 4.79 Å². The molecule has 2 unspecified atom stereocenters. The summed E-state index contributed by atoms with van der Waals surface area (Å²) >= 11 is 0. The Labute approximate surface area is 106 Å². The molecular weight excluding hydrogens is 212 g/mol. The summed E-state index contributed by atoms with van der Waals surface area (Å²) in [5.74, 6) is 0.868. The zero-order chi connectivity index (χ0) is 12.8. The smallest absolute Gasteiger partial charge is 0.227 e. The van der Waals surface area contributed by atoms with E-state index in [1.807, 2.05) is 0 Å². The van der Waals surface area contributed by atoms with Gasteiger partial charge in [0.1, 0.15) is 0 Å². The molecule has 2 N–H and O–H groups in total. The van der Waals surface area contributed by atoms with Crippen molar-refractivity contribution in [3.63, 3.8) is 0 Å². The molecule has 1 aliphatic heterocycles. The zero-order valence-electron chi connectivity index (χ0n) is 11.6. The lowest BCUT2D eigenvalue weighted by Gasteiger charge is -2.37. The zero-order valence-corrected chi connectivity index (χ0v) is 11.6. The molecule has 0 aromatic carbocycles. The van der Waals surface area contributed by atoms with Crippen molar-refractivity contribution < 1.29 is 4.79 Å². The fourth-order valence-corrected chi connectivity index (χ4v) is 2.82. The number of hydrogen-bond donors (Lipinski definition) is 1. The van der Waals surface area contributed by atoms with E-state index in [-0.39, 0.29) is 5.92 Å². The number of nitrogens with two attached hydrogens (primary N) is 1. The van der Waals surface area contributed by atoms with Gasteiger partial charge in [-0.15, -0.1) is 0 Å². The maximum Gasteiger partial charge on any atom is 0.227 e. The Morgan fingerprint density at radius 2 is 2.12 bits per heavy atom. The number of likely N-dealkylation sites (tertiary alicyclic amines) is 1. The summed E-state index contributed by atoms with van der Waals surface area (Å²) in [6.07, 6.45) is 5.58. The van der Waals surface area contributed by atoms with Crippen LogP contribution in [0.3, 0.4) is 0 Å². The van der Waals surface area contributed by atoms with Crippen LogP contribution in [0, 0.1) is 11.8 Å². The van der Waals surface area contributed by atoms with E-state index in [2.05, 4.69) is 25.7 Å². The van der Waals surface area contributed by atoms with E-state index in [1.165, 1.54) is 12.8 Å². The maximum atomic E-state index is 12.5. The van der Waals surface area contributed by atoms with Crippen molar-refractivity contribution in [1.82, 2.24) is 4.90 Å². The fraction of sp³-hybridized carbons (Fsp3) is 0.929. The second-order valence-corrected chi connectivity index (χ2v) is 5.65. The molecule has 0 aliphatic carbocycles. The second-order valence-electron chi connectivity index (χ2n) is 5.65. The number of rotatable bonds is 5. The van der Waals surface area contributed by atoms with Crippen molar-refractivity contribution in [2.45, 2.75) is 58.9 Å². The Bertz CT molecular complexity index is 240. The molecule has 0 radical (unpaired) electrons. The molecular formula is C14H28N2O. The minimum Gasteiger partial charge on any atom is -0.339 e. The first kappa shape index (κ1) is 14.5. The van der Waals surface area contributed by atoms with Crippen molar-refractivity contribution >= 4 is 5.91 Å². The summed E-state index contributed by atoms with van der Waals surface area (Å²) in [5, 5.41) is 0. The van der Waals surface area contributed by atoms with Gasteiger partial charge in [-0.2, -0.15) is 0 Å². The molecule has 1 heterocycles. The van der Waals surface area contributed by atoms with Crippen LogP contribution in [-0.4, -0.2) is 29.9 Å². The van der Waals surface area contributed by atoms with Gasteiger partial charge in [0.15, 0.2) is 0 Å². The number of carbonyl (C=O) groups is 1. The first-order valence-electron chi connectivity index (χ1n) is 7.10. The van der Waals surface area contributed by atoms with Crippen LogP contribution in [0.25, 0.3) is 0 Å². The topological polar surface area (TPSA) is 46.3 Å². The summed E-state index contributed by atoms with van der Waals surface area (Å²) in [4.78, 5) is 14.6. The van der Waals surface area contributed by atoms with Crippen LogP contribution in [0.5, 0.6) is 0 Å². The number of piperidine rings is 1. The minimum atomic E-state index is 0.0298. The number of carbonyl (C=O) groups excluding carboxylic acids is 1. The third-order valence-corrected chi connectivity index (χ3v) is 3.77. The van der Waals surface area contributed by atoms with Crippen LogP contribution in [0.1, 0.15) is 52.9 Å². The standard InChI is InChI=1S/C14H28N2O/c1-4-13-7-5-6-8-16(13)14(17)12(10-15)9-11(2)3/h11-13H,4-10,15H2,1-3H3. The van der Waals surface area contributed by atoms with Crippen molar-refractivity contribution in [2.75, 3.05) is 13.1 Å². The lowest BCUT2D eigenvalue weighted by Crippen LogP contribution is -2.47. The quantitative estimate of drug-likeness (QED) is 0.802. The predicted octanol–water partition coefficient (Wildman–Crippen LogP) is 2.40. The average Bonchev–Trinajstić information content (AvgIpc) is 2.34. The molecule has 1 aliphatic rings. The average molecular weight is 240 g/mol. The molecule has 1 amide bonds. The van der Waals surface area contributed by atoms with Crippen molar-refractivity contribution in [1.29, 1.82) is 0 Å². The summed E-state index contributed by atoms with van der Waals surface area (Å²) in [6, 6.07) is 0.456. The molecule has 0 bridgehead atoms. The molecule has 0 spiro atoms. The monoisotopic (exact) mass is 240 g/mol. The van der Waals surface area contributed by atoms with Crippen LogP contribution in [0.2, 0.25) is 0 Å². The van der Waals surface area contributed by atoms with Gasteiger partial charge in [-0.05, 0) is 38.0 Å². The third kappa shape index (κ3) is 3.98. The van der Waals surface area contributed by atoms with Gasteiger partial charge >= 0.3 is 0 Å². The van der Waals surface area contributed by atoms with Gasteiger partial charge in [0, 0.05) is 19.1 Å². The van der Waals surface area contributed by atoms with Crippen LogP contribution < -0.4 is 5.73 Å². The van der Waals surface area contributed by atoms with E-state index < -0.39 is 0 Å². The molecule has 100 valence electrons. The first-order valence-corrected chi connectivity index (χ1v) is 7.10. The lowest BCUT2D eigenvalue weighted by atomic mass is 9.92. The van der Waals surface area contributed by atoms with Gasteiger partial charge in [0.2, 0.25) is 5.91 Å². The van der Waals surface area contributed by atoms with Gasteiger partial charge in [-0.25, -0.2) is 0 Å². The fourth-order valence-electron chi connectivity index (χ4n) is 2.82. The highest BCUT2D eigenvalue weighted by Gasteiger charge is 2.30. The summed E-state index contributed by atoms with van der Waals surface area (Å²) in [6.45, 7) is 7.92. The van der Waals surface area contributed by atoms with Crippen LogP contribution >= 0.6 is 0 Å². The van der Waals surface area contributed by atoms with Crippen molar-refractivity contribution in [3.05, 3.63) is 0 Å². The van der Waals surface area contributed by atoms with E-state index >= 15 is 0 Å². The molecule has 2 atom stereocenters. The van der Waals surface area contributed by atoms with Gasteiger partial charge in [0.25, 0.3) is 0 Å². The molecule has 3 nitrogen and oxygen atoms in total. The number of hydrogen-bond acceptors (Lipinski definition) is 2. The molecule has 1 saturated heterocycles. The summed E-state index contributed by atoms with van der Waals surface area (Å²) in [7, 11) is 0. The second kappa shape index (κ2) is 7.00. The van der Waals surface area contributed by atoms with Gasteiger partial charge in [0.05, 0.1) is 5.92 Å². The number of amides is 1. The van der Waals surface area contributed by atoms with Gasteiger partial charge < -0.3 is 10.6 Å². The largest absolute Gasteiger partial charge is 0.339 e. The molecule has 0 aromatic heterocycles. The Balaban J connectivity index is 2.64. The van der Waals surface area contributed by atoms with Crippen molar-refractivity contribution in [2.24, 2.45) is 17.6 Å². The molecule has 1 rings (SSSR count). The third-order valence-electron chi connectivity index (χ3n) is 3.77. The molecule has 0 saturated carbocycles. The Kier molecular flexibility index (Phi) is 5.96. The normalized spacial score (nSPS) is 22.9. The van der Waals surface area contributed by atoms with Crippen LogP contribution in [0.15, 0.2) is 0 Å². The maximum absolute atomic E-state index is 12.5. The highest BCUT2D eigenvalue weighted by Crippen LogP contribution is 2.23. The van der Waals surface area contributed by atoms with E-state index in [0.717, 1.165) is 25.8 Å². The molecule has 17 heavy (non-hydrogen) atoms.